The van der Waals surface area contributed by atoms with E-state index in [4.69, 9.17) is 10.8 Å². The highest BCUT2D eigenvalue weighted by Gasteiger charge is 2.09. The van der Waals surface area contributed by atoms with E-state index in [1.165, 1.54) is 18.2 Å². The summed E-state index contributed by atoms with van der Waals surface area (Å²) < 4.78 is 26.2. The Kier molecular flexibility index (Phi) is 3.84. The third kappa shape index (κ3) is 3.03. The fraction of sp³-hybridized carbons (Fsp3) is 0.0714. The molecule has 0 aliphatic rings. The lowest BCUT2D eigenvalue weighted by Gasteiger charge is -2.09. The molecule has 0 radical (unpaired) electrons. The maximum Gasteiger partial charge on any atom is 0.337 e. The number of hydrogen-bond donors (Lipinski definition) is 3. The molecule has 0 aromatic heterocycles. The average molecular weight is 278 g/mol. The summed E-state index contributed by atoms with van der Waals surface area (Å²) in [5, 5.41) is 11.8. The predicted octanol–water partition coefficient (Wildman–Crippen LogP) is 2.86. The second-order valence-electron chi connectivity index (χ2n) is 4.20. The Hall–Kier alpha value is -2.63. The van der Waals surface area contributed by atoms with Crippen LogP contribution in [-0.2, 0) is 6.54 Å². The van der Waals surface area contributed by atoms with E-state index in [0.29, 0.717) is 5.69 Å². The van der Waals surface area contributed by atoms with Crippen LogP contribution in [0.3, 0.4) is 0 Å². The number of carboxylic acid groups (broad SMARTS) is 1. The van der Waals surface area contributed by atoms with Crippen LogP contribution in [0, 0.1) is 11.6 Å². The molecular weight excluding hydrogens is 266 g/mol. The van der Waals surface area contributed by atoms with Crippen molar-refractivity contribution >= 4 is 17.3 Å². The van der Waals surface area contributed by atoms with Gasteiger partial charge in [-0.15, -0.1) is 0 Å². The molecule has 0 amide bonds. The summed E-state index contributed by atoms with van der Waals surface area (Å²) in [5.74, 6) is -2.45. The van der Waals surface area contributed by atoms with Crippen LogP contribution in [0.1, 0.15) is 15.9 Å². The van der Waals surface area contributed by atoms with Crippen molar-refractivity contribution in [2.45, 2.75) is 6.54 Å². The Bertz CT molecular complexity index is 660. The van der Waals surface area contributed by atoms with Crippen molar-refractivity contribution in [1.82, 2.24) is 0 Å². The molecular formula is C14H12F2N2O2. The summed E-state index contributed by atoms with van der Waals surface area (Å²) in [4.78, 5) is 10.9. The zero-order chi connectivity index (χ0) is 14.7. The molecule has 0 heterocycles. The largest absolute Gasteiger partial charge is 0.478 e. The number of hydrogen-bond acceptors (Lipinski definition) is 3. The summed E-state index contributed by atoms with van der Waals surface area (Å²) in [6.45, 7) is 0.106. The van der Waals surface area contributed by atoms with Gasteiger partial charge in [-0.05, 0) is 24.3 Å². The lowest BCUT2D eigenvalue weighted by Crippen LogP contribution is -2.06. The molecule has 104 valence electrons. The predicted molar refractivity (Wildman–Crippen MR) is 71.5 cm³/mol. The summed E-state index contributed by atoms with van der Waals surface area (Å²) >= 11 is 0. The zero-order valence-corrected chi connectivity index (χ0v) is 10.4. The first-order valence-electron chi connectivity index (χ1n) is 5.78. The number of benzene rings is 2. The van der Waals surface area contributed by atoms with E-state index in [1.54, 1.807) is 6.07 Å². The van der Waals surface area contributed by atoms with Crippen LogP contribution in [0.25, 0.3) is 0 Å². The Morgan fingerprint density at radius 1 is 1.20 bits per heavy atom. The van der Waals surface area contributed by atoms with Gasteiger partial charge in [0.05, 0.1) is 5.56 Å². The minimum absolute atomic E-state index is 0.0328. The highest BCUT2D eigenvalue weighted by molar-refractivity contribution is 5.94. The topological polar surface area (TPSA) is 75.3 Å². The van der Waals surface area contributed by atoms with Crippen LogP contribution in [0.2, 0.25) is 0 Å². The van der Waals surface area contributed by atoms with Gasteiger partial charge in [0.15, 0.2) is 0 Å². The van der Waals surface area contributed by atoms with Gasteiger partial charge in [0.1, 0.15) is 11.6 Å². The van der Waals surface area contributed by atoms with Crippen molar-refractivity contribution in [3.05, 3.63) is 59.2 Å². The normalized spacial score (nSPS) is 10.3. The number of nitrogens with one attached hydrogen (secondary N) is 1. The molecule has 20 heavy (non-hydrogen) atoms. The standard InChI is InChI=1S/C14H12F2N2O2/c15-9-2-1-8(12(16)5-9)7-18-10-3-4-13(17)11(6-10)14(19)20/h1-6,18H,7,17H2,(H,19,20). The van der Waals surface area contributed by atoms with E-state index in [1.807, 2.05) is 0 Å². The highest BCUT2D eigenvalue weighted by atomic mass is 19.1. The van der Waals surface area contributed by atoms with Crippen LogP contribution >= 0.6 is 0 Å². The molecule has 4 nitrogen and oxygen atoms in total. The van der Waals surface area contributed by atoms with Gasteiger partial charge in [-0.2, -0.15) is 0 Å². The fourth-order valence-electron chi connectivity index (χ4n) is 1.71. The molecule has 0 atom stereocenters. The minimum atomic E-state index is -1.14. The van der Waals surface area contributed by atoms with Crippen molar-refractivity contribution in [3.8, 4) is 0 Å². The summed E-state index contributed by atoms with van der Waals surface area (Å²) in [7, 11) is 0. The van der Waals surface area contributed by atoms with E-state index in [9.17, 15) is 13.6 Å². The molecule has 2 aromatic carbocycles. The molecule has 0 saturated carbocycles. The first-order valence-corrected chi connectivity index (χ1v) is 5.78. The van der Waals surface area contributed by atoms with Gasteiger partial charge in [-0.25, -0.2) is 13.6 Å². The maximum absolute atomic E-state index is 13.4. The van der Waals surface area contributed by atoms with Crippen LogP contribution < -0.4 is 11.1 Å². The van der Waals surface area contributed by atoms with Crippen LogP contribution in [0.4, 0.5) is 20.2 Å². The van der Waals surface area contributed by atoms with Crippen LogP contribution in [-0.4, -0.2) is 11.1 Å². The highest BCUT2D eigenvalue weighted by Crippen LogP contribution is 2.19. The Balaban J connectivity index is 2.15. The molecule has 0 aliphatic heterocycles. The van der Waals surface area contributed by atoms with Gasteiger partial charge in [-0.1, -0.05) is 6.07 Å². The van der Waals surface area contributed by atoms with Gasteiger partial charge < -0.3 is 16.2 Å². The van der Waals surface area contributed by atoms with Crippen molar-refractivity contribution in [1.29, 1.82) is 0 Å². The van der Waals surface area contributed by atoms with E-state index >= 15 is 0 Å². The summed E-state index contributed by atoms with van der Waals surface area (Å²) in [6.07, 6.45) is 0. The number of carbonyl (C=O) groups is 1. The average Bonchev–Trinajstić information content (AvgIpc) is 2.39. The summed E-state index contributed by atoms with van der Waals surface area (Å²) in [5.41, 5.74) is 6.41. The van der Waals surface area contributed by atoms with Gasteiger partial charge >= 0.3 is 5.97 Å². The Morgan fingerprint density at radius 3 is 2.60 bits per heavy atom. The third-order valence-electron chi connectivity index (χ3n) is 2.78. The summed E-state index contributed by atoms with van der Waals surface area (Å²) in [6, 6.07) is 7.68. The Labute approximate surface area is 113 Å². The van der Waals surface area contributed by atoms with E-state index < -0.39 is 17.6 Å². The molecule has 0 unspecified atom stereocenters. The van der Waals surface area contributed by atoms with Crippen molar-refractivity contribution in [2.75, 3.05) is 11.1 Å². The second-order valence-corrected chi connectivity index (χ2v) is 4.20. The third-order valence-corrected chi connectivity index (χ3v) is 2.78. The molecule has 0 saturated heterocycles. The number of anilines is 2. The van der Waals surface area contributed by atoms with Crippen molar-refractivity contribution in [3.63, 3.8) is 0 Å². The Morgan fingerprint density at radius 2 is 1.95 bits per heavy atom. The SMILES string of the molecule is Nc1ccc(NCc2ccc(F)cc2F)cc1C(=O)O. The molecule has 2 rings (SSSR count). The minimum Gasteiger partial charge on any atom is -0.478 e. The molecule has 0 bridgehead atoms. The van der Waals surface area contributed by atoms with E-state index in [2.05, 4.69) is 5.32 Å². The number of nitrogen functional groups attached to an aromatic ring is 1. The smallest absolute Gasteiger partial charge is 0.337 e. The lowest BCUT2D eigenvalue weighted by atomic mass is 10.1. The quantitative estimate of drug-likeness (QED) is 0.752. The van der Waals surface area contributed by atoms with Crippen molar-refractivity contribution in [2.24, 2.45) is 0 Å². The molecule has 2 aromatic rings. The molecule has 6 heteroatoms. The van der Waals surface area contributed by atoms with Gasteiger partial charge in [0.25, 0.3) is 0 Å². The number of carboxylic acids is 1. The fourth-order valence-corrected chi connectivity index (χ4v) is 1.71. The lowest BCUT2D eigenvalue weighted by molar-refractivity contribution is 0.0698. The number of nitrogens with two attached hydrogens (primary N) is 1. The van der Waals surface area contributed by atoms with E-state index in [0.717, 1.165) is 12.1 Å². The zero-order valence-electron chi connectivity index (χ0n) is 10.4. The number of aromatic carboxylic acids is 1. The molecule has 0 spiro atoms. The first-order chi connectivity index (χ1) is 9.47. The molecule has 4 N–H and O–H groups in total. The monoisotopic (exact) mass is 278 g/mol. The van der Waals surface area contributed by atoms with Crippen molar-refractivity contribution < 1.29 is 18.7 Å². The van der Waals surface area contributed by atoms with Crippen LogP contribution in [0.5, 0.6) is 0 Å². The van der Waals surface area contributed by atoms with Gasteiger partial charge in [0, 0.05) is 29.5 Å². The van der Waals surface area contributed by atoms with Crippen LogP contribution in [0.15, 0.2) is 36.4 Å². The maximum atomic E-state index is 13.4. The second kappa shape index (κ2) is 5.56. The molecule has 0 aliphatic carbocycles. The number of rotatable bonds is 4. The van der Waals surface area contributed by atoms with Gasteiger partial charge in [-0.3, -0.25) is 0 Å². The number of halogens is 2. The van der Waals surface area contributed by atoms with E-state index in [-0.39, 0.29) is 23.4 Å². The first kappa shape index (κ1) is 13.8. The van der Waals surface area contributed by atoms with Gasteiger partial charge in [0.2, 0.25) is 0 Å². The molecule has 0 fully saturated rings.